The maximum absolute atomic E-state index is 5.12. The van der Waals surface area contributed by atoms with E-state index in [2.05, 4.69) is 21.2 Å². The number of nitrogens with zero attached hydrogens (tertiary/aromatic N) is 2. The van der Waals surface area contributed by atoms with E-state index in [9.17, 15) is 0 Å². The Morgan fingerprint density at radius 3 is 3.15 bits per heavy atom. The molecule has 0 bridgehead atoms. The molecule has 1 aromatic rings. The number of unbranched alkanes of at least 4 members (excludes halogenated alkanes) is 1. The van der Waals surface area contributed by atoms with Crippen molar-refractivity contribution >= 4 is 0 Å². The highest BCUT2D eigenvalue weighted by Crippen LogP contribution is 1.90. The van der Waals surface area contributed by atoms with Crippen LogP contribution in [0.15, 0.2) is 18.6 Å². The second-order valence-electron chi connectivity index (χ2n) is 2.69. The third kappa shape index (κ3) is 4.24. The van der Waals surface area contributed by atoms with E-state index in [1.165, 1.54) is 0 Å². The van der Waals surface area contributed by atoms with Crippen molar-refractivity contribution in [3.05, 3.63) is 24.3 Å². The van der Waals surface area contributed by atoms with Crippen LogP contribution in [0.5, 0.6) is 0 Å². The maximum Gasteiger partial charge on any atom is 0.115 e. The van der Waals surface area contributed by atoms with Crippen LogP contribution in [0, 0.1) is 12.3 Å². The molecule has 0 aliphatic carbocycles. The van der Waals surface area contributed by atoms with E-state index < -0.39 is 0 Å². The SMILES string of the molecule is C#CCCCNCc1ccncn1. The minimum Gasteiger partial charge on any atom is -0.311 e. The second kappa shape index (κ2) is 6.15. The molecule has 0 saturated carbocycles. The van der Waals surface area contributed by atoms with Gasteiger partial charge in [-0.05, 0) is 19.0 Å². The molecule has 0 aliphatic heterocycles. The Balaban J connectivity index is 2.11. The predicted molar refractivity (Wildman–Crippen MR) is 51.8 cm³/mol. The van der Waals surface area contributed by atoms with E-state index in [1.807, 2.05) is 6.07 Å². The second-order valence-corrected chi connectivity index (χ2v) is 2.69. The molecule has 0 spiro atoms. The van der Waals surface area contributed by atoms with Gasteiger partial charge in [0.15, 0.2) is 0 Å². The third-order valence-electron chi connectivity index (χ3n) is 1.62. The van der Waals surface area contributed by atoms with Crippen molar-refractivity contribution in [1.29, 1.82) is 0 Å². The molecule has 0 fully saturated rings. The summed E-state index contributed by atoms with van der Waals surface area (Å²) in [6.45, 7) is 1.72. The van der Waals surface area contributed by atoms with Crippen LogP contribution in [0.2, 0.25) is 0 Å². The van der Waals surface area contributed by atoms with Gasteiger partial charge in [0.05, 0.1) is 5.69 Å². The molecule has 0 aliphatic rings. The van der Waals surface area contributed by atoms with Crippen LogP contribution in [-0.2, 0) is 6.54 Å². The first kappa shape index (κ1) is 9.69. The Bertz CT molecular complexity index is 263. The number of hydrogen-bond acceptors (Lipinski definition) is 3. The molecule has 13 heavy (non-hydrogen) atoms. The Kier molecular flexibility index (Phi) is 4.58. The van der Waals surface area contributed by atoms with E-state index in [0.29, 0.717) is 0 Å². The van der Waals surface area contributed by atoms with Crippen molar-refractivity contribution in [2.75, 3.05) is 6.54 Å². The minimum absolute atomic E-state index is 0.785. The lowest BCUT2D eigenvalue weighted by Crippen LogP contribution is -2.15. The largest absolute Gasteiger partial charge is 0.311 e. The molecule has 0 aromatic carbocycles. The summed E-state index contributed by atoms with van der Waals surface area (Å²) in [6, 6.07) is 1.90. The molecule has 3 heteroatoms. The summed E-state index contributed by atoms with van der Waals surface area (Å²) >= 11 is 0. The Hall–Kier alpha value is -1.40. The van der Waals surface area contributed by atoms with Crippen LogP contribution in [0.25, 0.3) is 0 Å². The third-order valence-corrected chi connectivity index (χ3v) is 1.62. The van der Waals surface area contributed by atoms with Gasteiger partial charge in [-0.25, -0.2) is 9.97 Å². The lowest BCUT2D eigenvalue weighted by atomic mass is 10.3. The Labute approximate surface area is 78.6 Å². The molecule has 68 valence electrons. The Morgan fingerprint density at radius 2 is 2.46 bits per heavy atom. The quantitative estimate of drug-likeness (QED) is 0.535. The molecule has 1 rings (SSSR count). The number of terminal acetylenes is 1. The van der Waals surface area contributed by atoms with Gasteiger partial charge in [-0.1, -0.05) is 0 Å². The topological polar surface area (TPSA) is 37.8 Å². The summed E-state index contributed by atoms with van der Waals surface area (Å²) in [5.74, 6) is 2.60. The van der Waals surface area contributed by atoms with Crippen LogP contribution >= 0.6 is 0 Å². The minimum atomic E-state index is 0.785. The molecule has 0 atom stereocenters. The number of rotatable bonds is 5. The van der Waals surface area contributed by atoms with Crippen molar-refractivity contribution in [3.8, 4) is 12.3 Å². The molecule has 0 amide bonds. The highest BCUT2D eigenvalue weighted by atomic mass is 14.9. The van der Waals surface area contributed by atoms with Gasteiger partial charge >= 0.3 is 0 Å². The number of nitrogens with one attached hydrogen (secondary N) is 1. The van der Waals surface area contributed by atoms with Gasteiger partial charge in [-0.3, -0.25) is 0 Å². The molecule has 1 aromatic heterocycles. The summed E-state index contributed by atoms with van der Waals surface area (Å²) in [4.78, 5) is 7.92. The average molecular weight is 175 g/mol. The molecular formula is C10H13N3. The van der Waals surface area contributed by atoms with Crippen molar-refractivity contribution in [1.82, 2.24) is 15.3 Å². The first-order valence-corrected chi connectivity index (χ1v) is 4.32. The van der Waals surface area contributed by atoms with Gasteiger partial charge in [-0.2, -0.15) is 0 Å². The molecule has 0 saturated heterocycles. The maximum atomic E-state index is 5.12. The number of hydrogen-bond donors (Lipinski definition) is 1. The Morgan fingerprint density at radius 1 is 1.54 bits per heavy atom. The zero-order valence-corrected chi connectivity index (χ0v) is 7.53. The van der Waals surface area contributed by atoms with Gasteiger partial charge in [0.1, 0.15) is 6.33 Å². The van der Waals surface area contributed by atoms with Crippen molar-refractivity contribution in [2.24, 2.45) is 0 Å². The summed E-state index contributed by atoms with van der Waals surface area (Å²) < 4.78 is 0. The fourth-order valence-electron chi connectivity index (χ4n) is 0.955. The van der Waals surface area contributed by atoms with Crippen LogP contribution < -0.4 is 5.32 Å². The average Bonchev–Trinajstić information content (AvgIpc) is 2.19. The van der Waals surface area contributed by atoms with Gasteiger partial charge in [-0.15, -0.1) is 12.3 Å². The van der Waals surface area contributed by atoms with E-state index in [-0.39, 0.29) is 0 Å². The molecule has 0 unspecified atom stereocenters. The molecule has 0 radical (unpaired) electrons. The summed E-state index contributed by atoms with van der Waals surface area (Å²) in [5.41, 5.74) is 1.01. The van der Waals surface area contributed by atoms with E-state index in [4.69, 9.17) is 6.42 Å². The summed E-state index contributed by atoms with van der Waals surface area (Å²) in [5, 5.41) is 3.25. The standard InChI is InChI=1S/C10H13N3/c1-2-3-4-6-11-8-10-5-7-12-9-13-10/h1,5,7,9,11H,3-4,6,8H2. The first-order valence-electron chi connectivity index (χ1n) is 4.32. The van der Waals surface area contributed by atoms with Crippen LogP contribution in [-0.4, -0.2) is 16.5 Å². The lowest BCUT2D eigenvalue weighted by molar-refractivity contribution is 0.648. The van der Waals surface area contributed by atoms with Crippen LogP contribution in [0.3, 0.4) is 0 Å². The van der Waals surface area contributed by atoms with Gasteiger partial charge in [0, 0.05) is 19.2 Å². The van der Waals surface area contributed by atoms with Crippen LogP contribution in [0.4, 0.5) is 0 Å². The van der Waals surface area contributed by atoms with E-state index in [1.54, 1.807) is 12.5 Å². The predicted octanol–water partition coefficient (Wildman–Crippen LogP) is 0.980. The molecule has 1 N–H and O–H groups in total. The normalized spacial score (nSPS) is 9.46. The van der Waals surface area contributed by atoms with Crippen LogP contribution in [0.1, 0.15) is 18.5 Å². The van der Waals surface area contributed by atoms with Gasteiger partial charge in [0.2, 0.25) is 0 Å². The zero-order chi connectivity index (χ0) is 9.36. The fourth-order valence-corrected chi connectivity index (χ4v) is 0.955. The van der Waals surface area contributed by atoms with E-state index in [0.717, 1.165) is 31.6 Å². The fraction of sp³-hybridized carbons (Fsp3) is 0.400. The van der Waals surface area contributed by atoms with Gasteiger partial charge in [0.25, 0.3) is 0 Å². The zero-order valence-electron chi connectivity index (χ0n) is 7.53. The van der Waals surface area contributed by atoms with Crippen molar-refractivity contribution < 1.29 is 0 Å². The van der Waals surface area contributed by atoms with Gasteiger partial charge < -0.3 is 5.32 Å². The highest BCUT2D eigenvalue weighted by molar-refractivity contribution is 4.96. The first-order chi connectivity index (χ1) is 6.43. The molecule has 3 nitrogen and oxygen atoms in total. The molecule has 1 heterocycles. The van der Waals surface area contributed by atoms with E-state index >= 15 is 0 Å². The van der Waals surface area contributed by atoms with Crippen molar-refractivity contribution in [2.45, 2.75) is 19.4 Å². The van der Waals surface area contributed by atoms with Crippen molar-refractivity contribution in [3.63, 3.8) is 0 Å². The smallest absolute Gasteiger partial charge is 0.115 e. The number of aromatic nitrogens is 2. The molecular weight excluding hydrogens is 162 g/mol. The lowest BCUT2D eigenvalue weighted by Gasteiger charge is -2.01. The monoisotopic (exact) mass is 175 g/mol. The summed E-state index contributed by atoms with van der Waals surface area (Å²) in [7, 11) is 0. The summed E-state index contributed by atoms with van der Waals surface area (Å²) in [6.07, 6.45) is 10.3. The highest BCUT2D eigenvalue weighted by Gasteiger charge is 1.91.